The minimum Gasteiger partial charge on any atom is -1.00 e. The minimum atomic E-state index is -1.72. The van der Waals surface area contributed by atoms with Crippen LogP contribution < -0.4 is 32.4 Å². The molecule has 3 aliphatic heterocycles. The van der Waals surface area contributed by atoms with E-state index in [-0.39, 0.29) is 51.5 Å². The molecule has 340 valence electrons. The molecule has 2 aromatic carbocycles. The number of phenols is 1. The van der Waals surface area contributed by atoms with Crippen LogP contribution in [-0.4, -0.2) is 129 Å². The zero-order valence-electron chi connectivity index (χ0n) is 34.3. The Morgan fingerprint density at radius 2 is 1.48 bits per heavy atom. The molecule has 3 unspecified atom stereocenters. The predicted molar refractivity (Wildman–Crippen MR) is 228 cm³/mol. The molecule has 4 aromatic rings. The first-order valence-corrected chi connectivity index (χ1v) is 20.6. The molecule has 7 atom stereocenters. The van der Waals surface area contributed by atoms with Crippen LogP contribution in [0.25, 0.3) is 0 Å². The standard InChI is InChI=1S/C19H24N2O4.C19H22NO4S2.C4H4O4.BrH.2H2O/c1-13(9-14-3-6-16(25-2)7-4-14)20-11-19(24)15-5-8-18(23)17(10-15)21-12-22;1-20(2)12-9-11(10-13(20)17-16(12)24-17)23-18(21)19(22,14-5-3-7-25-14)15-6-4-8-26-15;5-3(6)1-2-4(7)8;;;/h3-8,10,12-13,19-20,23-24H,9,11H2,1-2H3,(H,21,22);3-8,11-13,16-17,22H,9-10H2,1-2H3;1-2H,(H,5,6)(H,7,8);1H;2*1H2/q;+1;;;;/p-1/b;;2-1+;;;/t13-,19+;11?,12?,13?,16-,17+;;;;/m1...../s1. The van der Waals surface area contributed by atoms with Gasteiger partial charge in [-0.2, -0.15) is 0 Å². The number of epoxide rings is 1. The summed E-state index contributed by atoms with van der Waals surface area (Å²) < 4.78 is 17.8. The summed E-state index contributed by atoms with van der Waals surface area (Å²) in [6, 6.07) is 20.7. The Morgan fingerprint density at radius 3 is 1.95 bits per heavy atom. The lowest BCUT2D eigenvalue weighted by atomic mass is 9.95. The van der Waals surface area contributed by atoms with Crippen LogP contribution in [0.2, 0.25) is 0 Å². The van der Waals surface area contributed by atoms with Crippen molar-refractivity contribution in [3.8, 4) is 11.5 Å². The highest BCUT2D eigenvalue weighted by atomic mass is 79.9. The first-order chi connectivity index (χ1) is 28.1. The van der Waals surface area contributed by atoms with E-state index in [0.717, 1.165) is 29.5 Å². The predicted octanol–water partition coefficient (Wildman–Crippen LogP) is -0.365. The fourth-order valence-electron chi connectivity index (χ4n) is 7.53. The van der Waals surface area contributed by atoms with Crippen LogP contribution >= 0.6 is 22.7 Å². The highest BCUT2D eigenvalue weighted by Gasteiger charge is 2.71. The Morgan fingerprint density at radius 1 is 0.935 bits per heavy atom. The van der Waals surface area contributed by atoms with Crippen molar-refractivity contribution in [3.05, 3.63) is 111 Å². The maximum absolute atomic E-state index is 13.1. The van der Waals surface area contributed by atoms with Gasteiger partial charge in [0, 0.05) is 37.6 Å². The number of esters is 1. The second-order valence-electron chi connectivity index (χ2n) is 14.9. The number of rotatable bonds is 15. The van der Waals surface area contributed by atoms with Gasteiger partial charge in [0.1, 0.15) is 41.9 Å². The van der Waals surface area contributed by atoms with Crippen LogP contribution in [0.1, 0.15) is 46.8 Å². The van der Waals surface area contributed by atoms with Gasteiger partial charge in [-0.05, 0) is 71.6 Å². The van der Waals surface area contributed by atoms with Gasteiger partial charge in [-0.25, -0.2) is 14.4 Å². The third-order valence-corrected chi connectivity index (χ3v) is 12.7. The number of aromatic hydroxyl groups is 1. The molecule has 17 nitrogen and oxygen atoms in total. The molecule has 2 bridgehead atoms. The number of hydrogen-bond donors (Lipinski definition) is 7. The normalized spacial score (nSPS) is 20.9. The lowest BCUT2D eigenvalue weighted by molar-refractivity contribution is -0.938. The molecule has 0 spiro atoms. The van der Waals surface area contributed by atoms with E-state index in [1.54, 1.807) is 31.4 Å². The molecule has 0 aliphatic carbocycles. The molecule has 2 aromatic heterocycles. The van der Waals surface area contributed by atoms with Gasteiger partial charge in [0.25, 0.3) is 0 Å². The summed E-state index contributed by atoms with van der Waals surface area (Å²) in [7, 11) is 6.13. The maximum Gasteiger partial charge on any atom is 0.349 e. The van der Waals surface area contributed by atoms with Crippen LogP contribution in [0.3, 0.4) is 0 Å². The van der Waals surface area contributed by atoms with Crippen molar-refractivity contribution in [2.24, 2.45) is 0 Å². The average Bonchev–Trinajstić information content (AvgIpc) is 3.49. The zero-order valence-corrected chi connectivity index (χ0v) is 37.6. The smallest absolute Gasteiger partial charge is 0.349 e. The van der Waals surface area contributed by atoms with Crippen molar-refractivity contribution in [1.29, 1.82) is 0 Å². The number of carboxylic acid groups (broad SMARTS) is 2. The molecule has 0 radical (unpaired) electrons. The summed E-state index contributed by atoms with van der Waals surface area (Å²) in [4.78, 5) is 44.0. The first-order valence-electron chi connectivity index (χ1n) is 18.8. The fourth-order valence-corrected chi connectivity index (χ4v) is 9.24. The van der Waals surface area contributed by atoms with Gasteiger partial charge >= 0.3 is 17.9 Å². The topological polar surface area (TPSA) is 287 Å². The lowest BCUT2D eigenvalue weighted by Gasteiger charge is -2.45. The van der Waals surface area contributed by atoms with E-state index >= 15 is 0 Å². The Labute approximate surface area is 377 Å². The van der Waals surface area contributed by atoms with Gasteiger partial charge in [0.2, 0.25) is 12.0 Å². The molecule has 3 saturated heterocycles. The number of phenolic OH excluding ortho intramolecular Hbond substituents is 1. The van der Waals surface area contributed by atoms with Gasteiger partial charge < -0.3 is 82.8 Å². The number of carbonyl (C=O) groups is 4. The minimum absolute atomic E-state index is 0. The summed E-state index contributed by atoms with van der Waals surface area (Å²) in [5.74, 6) is -2.29. The van der Waals surface area contributed by atoms with E-state index in [1.807, 2.05) is 54.1 Å². The van der Waals surface area contributed by atoms with Crippen LogP contribution in [-0.2, 0) is 40.7 Å². The van der Waals surface area contributed by atoms with E-state index in [9.17, 15) is 34.5 Å². The molecule has 1 amide bonds. The van der Waals surface area contributed by atoms with Crippen molar-refractivity contribution >= 4 is 52.7 Å². The third-order valence-electron chi connectivity index (χ3n) is 10.7. The Kier molecular flexibility index (Phi) is 20.4. The number of aliphatic hydroxyl groups is 2. The van der Waals surface area contributed by atoms with Crippen LogP contribution in [0.5, 0.6) is 11.5 Å². The number of halogens is 1. The van der Waals surface area contributed by atoms with E-state index in [0.29, 0.717) is 64.7 Å². The second kappa shape index (κ2) is 23.6. The number of fused-ring (bicyclic) bond motifs is 5. The molecular weight excluding hydrogens is 915 g/mol. The number of likely N-dealkylation sites (N-methyl/N-ethyl adjacent to an activating group) is 1. The summed E-state index contributed by atoms with van der Waals surface area (Å²) in [5.41, 5.74) is 0.351. The van der Waals surface area contributed by atoms with Crippen molar-refractivity contribution in [2.75, 3.05) is 33.1 Å². The quantitative estimate of drug-likeness (QED) is 0.0200. The molecule has 3 aliphatic rings. The number of anilines is 1. The van der Waals surface area contributed by atoms with Gasteiger partial charge in [-0.15, -0.1) is 22.7 Å². The number of quaternary nitrogens is 1. The SMILES string of the molecule is COc1ccc(C[C@@H](C)NC[C@H](O)c2ccc(O)c(NC=O)c2)cc1.C[N+]1(C)C2CC(OC(=O)C(O)(c3cccs3)c3cccs3)CC1[C@@H]1O[C@H]21.O.O.O=C(O)/C=C/C(=O)O.[Br-]. The molecule has 62 heavy (non-hydrogen) atoms. The van der Waals surface area contributed by atoms with Crippen LogP contribution in [0, 0.1) is 0 Å². The van der Waals surface area contributed by atoms with Gasteiger partial charge in [-0.3, -0.25) is 4.79 Å². The molecule has 7 rings (SSSR count). The van der Waals surface area contributed by atoms with E-state index < -0.39 is 29.6 Å². The number of aliphatic hydroxyl groups excluding tert-OH is 1. The largest absolute Gasteiger partial charge is 1.00 e. The summed E-state index contributed by atoms with van der Waals surface area (Å²) in [5, 5.41) is 56.4. The van der Waals surface area contributed by atoms with Crippen molar-refractivity contribution < 1.29 is 91.3 Å². The Bertz CT molecular complexity index is 2000. The number of nitrogens with zero attached hydrogens (tertiary/aromatic N) is 1. The monoisotopic (exact) mass is 967 g/mol. The molecular formula is C42H54BrN3O14S2. The summed E-state index contributed by atoms with van der Waals surface area (Å²) in [6.45, 7) is 2.41. The number of morpholine rings is 1. The van der Waals surface area contributed by atoms with E-state index in [4.69, 9.17) is 24.4 Å². The number of carboxylic acids is 2. The summed E-state index contributed by atoms with van der Waals surface area (Å²) >= 11 is 2.74. The van der Waals surface area contributed by atoms with Crippen LogP contribution in [0.4, 0.5) is 5.69 Å². The van der Waals surface area contributed by atoms with Crippen molar-refractivity contribution in [2.45, 2.75) is 74.3 Å². The van der Waals surface area contributed by atoms with Crippen molar-refractivity contribution in [3.63, 3.8) is 0 Å². The molecule has 0 saturated carbocycles. The Balaban J connectivity index is 0.000000350. The number of benzene rings is 2. The molecule has 3 fully saturated rings. The number of thiophene rings is 2. The highest BCUT2D eigenvalue weighted by molar-refractivity contribution is 7.12. The number of amides is 1. The molecule has 11 N–H and O–H groups in total. The average molecular weight is 969 g/mol. The number of hydrogen-bond acceptors (Lipinski definition) is 13. The third kappa shape index (κ3) is 13.1. The lowest BCUT2D eigenvalue weighted by Crippen LogP contribution is -3.00. The van der Waals surface area contributed by atoms with Gasteiger partial charge in [0.15, 0.2) is 0 Å². The van der Waals surface area contributed by atoms with Gasteiger partial charge in [-0.1, -0.05) is 30.3 Å². The number of aliphatic carboxylic acids is 2. The number of carbonyl (C=O) groups excluding carboxylic acids is 2. The summed E-state index contributed by atoms with van der Waals surface area (Å²) in [6.07, 6.45) is 3.73. The number of piperidine rings is 1. The van der Waals surface area contributed by atoms with Crippen LogP contribution in [0.15, 0.2) is 89.6 Å². The van der Waals surface area contributed by atoms with E-state index in [1.165, 1.54) is 34.3 Å². The first kappa shape index (κ1) is 53.4. The maximum atomic E-state index is 13.1. The second-order valence-corrected chi connectivity index (χ2v) is 16.8. The zero-order chi connectivity index (χ0) is 42.9. The molecule has 20 heteroatoms. The Hall–Kier alpha value is -4.74. The molecule has 5 heterocycles. The number of nitrogens with one attached hydrogen (secondary N) is 2. The number of methoxy groups -OCH3 is 1. The highest BCUT2D eigenvalue weighted by Crippen LogP contribution is 2.52. The van der Waals surface area contributed by atoms with Gasteiger partial charge in [0.05, 0.1) is 42.8 Å². The number of ether oxygens (including phenoxy) is 3. The van der Waals surface area contributed by atoms with Crippen molar-refractivity contribution in [1.82, 2.24) is 5.32 Å². The van der Waals surface area contributed by atoms with E-state index in [2.05, 4.69) is 24.7 Å². The fraction of sp³-hybridized carbons (Fsp3) is 0.381.